The number of anilines is 1. The molecule has 4 rings (SSSR count). The van der Waals surface area contributed by atoms with Gasteiger partial charge in [-0.25, -0.2) is 8.78 Å². The fourth-order valence-electron chi connectivity index (χ4n) is 3.26. The first-order valence-corrected chi connectivity index (χ1v) is 9.37. The second-order valence-electron chi connectivity index (χ2n) is 7.26. The van der Waals surface area contributed by atoms with Crippen LogP contribution in [0.15, 0.2) is 36.8 Å². The summed E-state index contributed by atoms with van der Waals surface area (Å²) in [4.78, 5) is 30.4. The molecule has 0 saturated heterocycles. The van der Waals surface area contributed by atoms with Crippen LogP contribution in [0, 0.1) is 11.6 Å². The Hall–Kier alpha value is -3.70. The molecule has 1 fully saturated rings. The Morgan fingerprint density at radius 3 is 2.50 bits per heavy atom. The molecule has 1 aliphatic rings. The standard InChI is InChI=1S/C20H15F5N4O3/c21-14-4-13-16(5-15(14)22)27-8-17(13)29-19(31)18(30)28-10-2-11(3-10)32-12-1-9(6-26-7-12)20(23,24)25/h1,4-8,10-11,27H,2-3H2,(H,28,30)(H,29,31). The number of fused-ring (bicyclic) bond motifs is 1. The van der Waals surface area contributed by atoms with Crippen LogP contribution in [-0.4, -0.2) is 33.9 Å². The molecule has 3 aromatic rings. The van der Waals surface area contributed by atoms with Crippen molar-refractivity contribution in [3.05, 3.63) is 54.0 Å². The molecule has 168 valence electrons. The average molecular weight is 454 g/mol. The smallest absolute Gasteiger partial charge is 0.418 e. The Morgan fingerprint density at radius 2 is 1.78 bits per heavy atom. The predicted molar refractivity (Wildman–Crippen MR) is 102 cm³/mol. The van der Waals surface area contributed by atoms with Crippen LogP contribution in [0.5, 0.6) is 5.75 Å². The first-order valence-electron chi connectivity index (χ1n) is 9.37. The highest BCUT2D eigenvalue weighted by atomic mass is 19.4. The van der Waals surface area contributed by atoms with E-state index in [1.54, 1.807) is 0 Å². The van der Waals surface area contributed by atoms with Gasteiger partial charge in [-0.05, 0) is 12.1 Å². The molecule has 2 amide bonds. The molecule has 0 atom stereocenters. The normalized spacial score (nSPS) is 18.2. The summed E-state index contributed by atoms with van der Waals surface area (Å²) in [5.41, 5.74) is -0.593. The van der Waals surface area contributed by atoms with Gasteiger partial charge in [-0.15, -0.1) is 0 Å². The number of benzene rings is 1. The second kappa shape index (κ2) is 8.09. The second-order valence-corrected chi connectivity index (χ2v) is 7.26. The van der Waals surface area contributed by atoms with Gasteiger partial charge in [0.1, 0.15) is 11.9 Å². The zero-order chi connectivity index (χ0) is 23.0. The molecule has 12 heteroatoms. The van der Waals surface area contributed by atoms with Crippen LogP contribution in [0.1, 0.15) is 18.4 Å². The maximum absolute atomic E-state index is 13.4. The average Bonchev–Trinajstić information content (AvgIpc) is 3.07. The number of amides is 2. The number of hydrogen-bond donors (Lipinski definition) is 3. The molecule has 1 saturated carbocycles. The van der Waals surface area contributed by atoms with Crippen LogP contribution in [0.4, 0.5) is 27.6 Å². The number of ether oxygens (including phenoxy) is 1. The van der Waals surface area contributed by atoms with E-state index < -0.39 is 47.3 Å². The molecule has 0 radical (unpaired) electrons. The quantitative estimate of drug-likeness (QED) is 0.415. The summed E-state index contributed by atoms with van der Waals surface area (Å²) in [6, 6.07) is 2.24. The third-order valence-corrected chi connectivity index (χ3v) is 4.95. The van der Waals surface area contributed by atoms with E-state index in [2.05, 4.69) is 20.6 Å². The zero-order valence-electron chi connectivity index (χ0n) is 16.1. The molecule has 1 aromatic carbocycles. The molecule has 2 aromatic heterocycles. The summed E-state index contributed by atoms with van der Waals surface area (Å²) in [6.07, 6.45) is -1.27. The number of pyridine rings is 1. The number of halogens is 5. The topological polar surface area (TPSA) is 96.1 Å². The van der Waals surface area contributed by atoms with Crippen molar-refractivity contribution in [3.8, 4) is 5.75 Å². The minimum Gasteiger partial charge on any atom is -0.489 e. The third-order valence-electron chi connectivity index (χ3n) is 4.95. The van der Waals surface area contributed by atoms with Crippen molar-refractivity contribution in [1.82, 2.24) is 15.3 Å². The van der Waals surface area contributed by atoms with Crippen LogP contribution < -0.4 is 15.4 Å². The molecular weight excluding hydrogens is 439 g/mol. The molecular formula is C20H15F5N4O3. The fourth-order valence-corrected chi connectivity index (χ4v) is 3.26. The van der Waals surface area contributed by atoms with Crippen molar-refractivity contribution in [2.45, 2.75) is 31.2 Å². The highest BCUT2D eigenvalue weighted by Crippen LogP contribution is 2.32. The van der Waals surface area contributed by atoms with E-state index in [9.17, 15) is 31.5 Å². The Labute approximate surface area is 177 Å². The van der Waals surface area contributed by atoms with Crippen LogP contribution >= 0.6 is 0 Å². The first-order chi connectivity index (χ1) is 15.1. The number of H-pyrrole nitrogens is 1. The van der Waals surface area contributed by atoms with Gasteiger partial charge < -0.3 is 20.4 Å². The largest absolute Gasteiger partial charge is 0.489 e. The van der Waals surface area contributed by atoms with Crippen LogP contribution in [-0.2, 0) is 15.8 Å². The summed E-state index contributed by atoms with van der Waals surface area (Å²) in [6.45, 7) is 0. The molecule has 7 nitrogen and oxygen atoms in total. The van der Waals surface area contributed by atoms with Crippen molar-refractivity contribution in [3.63, 3.8) is 0 Å². The summed E-state index contributed by atoms with van der Waals surface area (Å²) >= 11 is 0. The number of carbonyl (C=O) groups is 2. The molecule has 0 aliphatic heterocycles. The van der Waals surface area contributed by atoms with Gasteiger partial charge >= 0.3 is 18.0 Å². The lowest BCUT2D eigenvalue weighted by molar-refractivity contribution is -0.138. The molecule has 3 N–H and O–H groups in total. The Balaban J connectivity index is 1.29. The first kappa shape index (κ1) is 21.5. The summed E-state index contributed by atoms with van der Waals surface area (Å²) in [7, 11) is 0. The van der Waals surface area contributed by atoms with E-state index in [1.165, 1.54) is 6.20 Å². The zero-order valence-corrected chi connectivity index (χ0v) is 16.1. The van der Waals surface area contributed by atoms with Crippen molar-refractivity contribution in [2.75, 3.05) is 5.32 Å². The number of nitrogens with one attached hydrogen (secondary N) is 3. The molecule has 0 spiro atoms. The summed E-state index contributed by atoms with van der Waals surface area (Å²) in [5.74, 6) is -4.17. The predicted octanol–water partition coefficient (Wildman–Crippen LogP) is 3.52. The van der Waals surface area contributed by atoms with Gasteiger partial charge in [0.25, 0.3) is 0 Å². The van der Waals surface area contributed by atoms with Crippen molar-refractivity contribution in [1.29, 1.82) is 0 Å². The highest BCUT2D eigenvalue weighted by molar-refractivity contribution is 6.40. The van der Waals surface area contributed by atoms with Gasteiger partial charge in [0, 0.05) is 42.7 Å². The number of rotatable bonds is 4. The van der Waals surface area contributed by atoms with Crippen LogP contribution in [0.25, 0.3) is 10.9 Å². The lowest BCUT2D eigenvalue weighted by Gasteiger charge is -2.35. The van der Waals surface area contributed by atoms with Crippen LogP contribution in [0.2, 0.25) is 0 Å². The van der Waals surface area contributed by atoms with Gasteiger partial charge in [0.2, 0.25) is 0 Å². The SMILES string of the molecule is O=C(Nc1c[nH]c2cc(F)c(F)cc12)C(=O)NC1CC(Oc2cncc(C(F)(F)F)c2)C1. The fraction of sp³-hybridized carbons (Fsp3) is 0.250. The summed E-state index contributed by atoms with van der Waals surface area (Å²) in [5, 5.41) is 4.99. The van der Waals surface area contributed by atoms with E-state index in [0.29, 0.717) is 6.20 Å². The molecule has 1 aliphatic carbocycles. The van der Waals surface area contributed by atoms with Crippen molar-refractivity contribution >= 4 is 28.4 Å². The van der Waals surface area contributed by atoms with Gasteiger partial charge in [0.15, 0.2) is 11.6 Å². The van der Waals surface area contributed by atoms with Gasteiger partial charge in [0.05, 0.1) is 23.0 Å². The molecule has 32 heavy (non-hydrogen) atoms. The monoisotopic (exact) mass is 454 g/mol. The minimum absolute atomic E-state index is 0.0460. The number of alkyl halides is 3. The number of hydrogen-bond acceptors (Lipinski definition) is 4. The highest BCUT2D eigenvalue weighted by Gasteiger charge is 2.35. The molecule has 0 unspecified atom stereocenters. The Kier molecular flexibility index (Phi) is 5.45. The van der Waals surface area contributed by atoms with Crippen molar-refractivity contribution < 1.29 is 36.3 Å². The van der Waals surface area contributed by atoms with E-state index in [0.717, 1.165) is 24.4 Å². The molecule has 2 heterocycles. The maximum Gasteiger partial charge on any atom is 0.418 e. The minimum atomic E-state index is -4.54. The summed E-state index contributed by atoms with van der Waals surface area (Å²) < 4.78 is 70.3. The van der Waals surface area contributed by atoms with E-state index in [-0.39, 0.29) is 35.2 Å². The number of aromatic amines is 1. The van der Waals surface area contributed by atoms with E-state index in [1.807, 2.05) is 0 Å². The Morgan fingerprint density at radius 1 is 1.06 bits per heavy atom. The van der Waals surface area contributed by atoms with Gasteiger partial charge in [-0.1, -0.05) is 0 Å². The maximum atomic E-state index is 13.4. The molecule has 0 bridgehead atoms. The number of aromatic nitrogens is 2. The lowest BCUT2D eigenvalue weighted by Crippen LogP contribution is -2.51. The lowest BCUT2D eigenvalue weighted by atomic mass is 9.89. The third kappa shape index (κ3) is 4.48. The van der Waals surface area contributed by atoms with Crippen LogP contribution in [0.3, 0.4) is 0 Å². The Bertz CT molecular complexity index is 1190. The number of nitrogens with zero attached hydrogens (tertiary/aromatic N) is 1. The van der Waals surface area contributed by atoms with Gasteiger partial charge in [-0.3, -0.25) is 14.6 Å². The van der Waals surface area contributed by atoms with E-state index in [4.69, 9.17) is 4.74 Å². The van der Waals surface area contributed by atoms with Crippen molar-refractivity contribution in [2.24, 2.45) is 0 Å². The van der Waals surface area contributed by atoms with E-state index >= 15 is 0 Å². The van der Waals surface area contributed by atoms with Gasteiger partial charge in [-0.2, -0.15) is 13.2 Å². The number of carbonyl (C=O) groups excluding carboxylic acids is 2.